The number of hydrogen-bond acceptors (Lipinski definition) is 2. The molecule has 1 saturated carbocycles. The Kier molecular flexibility index (Phi) is 4.02. The van der Waals surface area contributed by atoms with Crippen molar-refractivity contribution in [3.8, 4) is 0 Å². The average molecular weight is 206 g/mol. The highest BCUT2D eigenvalue weighted by atomic mass is 35.5. The molecule has 1 aliphatic heterocycles. The number of aliphatic hydroxyl groups is 1. The molecule has 3 heteroatoms. The van der Waals surface area contributed by atoms with Crippen molar-refractivity contribution in [1.29, 1.82) is 0 Å². The lowest BCUT2D eigenvalue weighted by atomic mass is 9.77. The largest absolute Gasteiger partial charge is 0.396 e. The molecule has 0 amide bonds. The molecule has 1 unspecified atom stereocenters. The lowest BCUT2D eigenvalue weighted by Gasteiger charge is -2.34. The molecule has 0 aromatic rings. The maximum Gasteiger partial charge on any atom is 0.0459 e. The molecule has 1 spiro atoms. The molecule has 1 aliphatic carbocycles. The summed E-state index contributed by atoms with van der Waals surface area (Å²) >= 11 is 0. The molecule has 2 rings (SSSR count). The molecule has 2 N–H and O–H groups in total. The van der Waals surface area contributed by atoms with Crippen molar-refractivity contribution in [2.75, 3.05) is 19.7 Å². The maximum atomic E-state index is 9.06. The fourth-order valence-corrected chi connectivity index (χ4v) is 2.89. The molecular formula is C10H20ClNO. The topological polar surface area (TPSA) is 32.3 Å². The van der Waals surface area contributed by atoms with Crippen LogP contribution in [0.4, 0.5) is 0 Å². The third-order valence-corrected chi connectivity index (χ3v) is 3.73. The number of rotatable bonds is 1. The molecular weight excluding hydrogens is 186 g/mol. The predicted octanol–water partition coefficient (Wildman–Crippen LogP) is 1.57. The van der Waals surface area contributed by atoms with E-state index in [0.29, 0.717) is 17.9 Å². The summed E-state index contributed by atoms with van der Waals surface area (Å²) in [5, 5.41) is 12.5. The first-order valence-electron chi connectivity index (χ1n) is 5.16. The van der Waals surface area contributed by atoms with Gasteiger partial charge in [0.15, 0.2) is 0 Å². The molecule has 78 valence electrons. The van der Waals surface area contributed by atoms with Crippen LogP contribution < -0.4 is 5.32 Å². The van der Waals surface area contributed by atoms with Crippen LogP contribution in [0.2, 0.25) is 0 Å². The zero-order valence-corrected chi connectivity index (χ0v) is 8.91. The monoisotopic (exact) mass is 205 g/mol. The number of aliphatic hydroxyl groups excluding tert-OH is 1. The van der Waals surface area contributed by atoms with Crippen LogP contribution in [0.1, 0.15) is 32.1 Å². The Morgan fingerprint density at radius 1 is 1.23 bits per heavy atom. The van der Waals surface area contributed by atoms with Gasteiger partial charge in [0, 0.05) is 6.61 Å². The van der Waals surface area contributed by atoms with E-state index in [0.717, 1.165) is 0 Å². The standard InChI is InChI=1S/C10H19NO.ClH/c12-8-9-1-2-10(7-9)3-5-11-6-4-10;/h9,11-12H,1-8H2;1H. The van der Waals surface area contributed by atoms with E-state index >= 15 is 0 Å². The van der Waals surface area contributed by atoms with Gasteiger partial charge in [0.05, 0.1) is 0 Å². The summed E-state index contributed by atoms with van der Waals surface area (Å²) < 4.78 is 0. The molecule has 2 fully saturated rings. The van der Waals surface area contributed by atoms with E-state index in [1.807, 2.05) is 0 Å². The van der Waals surface area contributed by atoms with Crippen LogP contribution in [0.25, 0.3) is 0 Å². The molecule has 0 bridgehead atoms. The van der Waals surface area contributed by atoms with E-state index in [-0.39, 0.29) is 12.4 Å². The zero-order chi connectivity index (χ0) is 8.44. The Hall–Kier alpha value is 0.210. The normalized spacial score (nSPS) is 31.6. The van der Waals surface area contributed by atoms with Crippen LogP contribution in [-0.2, 0) is 0 Å². The third kappa shape index (κ3) is 2.36. The number of nitrogens with one attached hydrogen (secondary N) is 1. The lowest BCUT2D eigenvalue weighted by Crippen LogP contribution is -2.35. The summed E-state index contributed by atoms with van der Waals surface area (Å²) in [6.07, 6.45) is 6.58. The quantitative estimate of drug-likeness (QED) is 0.681. The Balaban J connectivity index is 0.000000845. The third-order valence-electron chi connectivity index (χ3n) is 3.73. The minimum atomic E-state index is 0. The first kappa shape index (κ1) is 11.3. The predicted molar refractivity (Wildman–Crippen MR) is 56.2 cm³/mol. The van der Waals surface area contributed by atoms with Gasteiger partial charge in [0.25, 0.3) is 0 Å². The van der Waals surface area contributed by atoms with E-state index in [1.165, 1.54) is 45.2 Å². The van der Waals surface area contributed by atoms with Gasteiger partial charge >= 0.3 is 0 Å². The highest BCUT2D eigenvalue weighted by Crippen LogP contribution is 2.47. The van der Waals surface area contributed by atoms with Crippen molar-refractivity contribution in [3.63, 3.8) is 0 Å². The van der Waals surface area contributed by atoms with Crippen molar-refractivity contribution in [1.82, 2.24) is 5.32 Å². The fourth-order valence-electron chi connectivity index (χ4n) is 2.89. The molecule has 0 aromatic carbocycles. The van der Waals surface area contributed by atoms with Gasteiger partial charge in [0.2, 0.25) is 0 Å². The van der Waals surface area contributed by atoms with Crippen LogP contribution in [0.15, 0.2) is 0 Å². The minimum Gasteiger partial charge on any atom is -0.396 e. The average Bonchev–Trinajstić information content (AvgIpc) is 2.50. The van der Waals surface area contributed by atoms with Gasteiger partial charge in [-0.25, -0.2) is 0 Å². The second kappa shape index (κ2) is 4.63. The number of halogens is 1. The Morgan fingerprint density at radius 3 is 2.46 bits per heavy atom. The van der Waals surface area contributed by atoms with E-state index in [4.69, 9.17) is 5.11 Å². The van der Waals surface area contributed by atoms with Crippen molar-refractivity contribution in [2.45, 2.75) is 32.1 Å². The summed E-state index contributed by atoms with van der Waals surface area (Å²) in [4.78, 5) is 0. The molecule has 0 radical (unpaired) electrons. The van der Waals surface area contributed by atoms with Gasteiger partial charge in [-0.15, -0.1) is 12.4 Å². The molecule has 13 heavy (non-hydrogen) atoms. The second-order valence-corrected chi connectivity index (χ2v) is 4.54. The first-order valence-corrected chi connectivity index (χ1v) is 5.16. The highest BCUT2D eigenvalue weighted by Gasteiger charge is 2.39. The molecule has 0 aromatic heterocycles. The van der Waals surface area contributed by atoms with Gasteiger partial charge < -0.3 is 10.4 Å². The number of hydrogen-bond donors (Lipinski definition) is 2. The second-order valence-electron chi connectivity index (χ2n) is 4.54. The summed E-state index contributed by atoms with van der Waals surface area (Å²) in [5.74, 6) is 0.614. The Bertz CT molecular complexity index is 157. The summed E-state index contributed by atoms with van der Waals surface area (Å²) in [5.41, 5.74) is 0.624. The molecule has 1 saturated heterocycles. The van der Waals surface area contributed by atoms with Crippen LogP contribution in [0, 0.1) is 11.3 Å². The van der Waals surface area contributed by atoms with E-state index in [1.54, 1.807) is 0 Å². The van der Waals surface area contributed by atoms with Crippen LogP contribution in [-0.4, -0.2) is 24.8 Å². The van der Waals surface area contributed by atoms with Crippen LogP contribution >= 0.6 is 12.4 Å². The molecule has 1 atom stereocenters. The van der Waals surface area contributed by atoms with Gasteiger partial charge in [-0.3, -0.25) is 0 Å². The van der Waals surface area contributed by atoms with Crippen molar-refractivity contribution >= 4 is 12.4 Å². The minimum absolute atomic E-state index is 0. The van der Waals surface area contributed by atoms with Crippen LogP contribution in [0.3, 0.4) is 0 Å². The zero-order valence-electron chi connectivity index (χ0n) is 8.09. The van der Waals surface area contributed by atoms with Gasteiger partial charge in [-0.2, -0.15) is 0 Å². The number of piperidine rings is 1. The first-order chi connectivity index (χ1) is 5.85. The molecule has 2 nitrogen and oxygen atoms in total. The lowest BCUT2D eigenvalue weighted by molar-refractivity contribution is 0.176. The van der Waals surface area contributed by atoms with Crippen LogP contribution in [0.5, 0.6) is 0 Å². The SMILES string of the molecule is Cl.OCC1CCC2(CCNCC2)C1. The van der Waals surface area contributed by atoms with Crippen molar-refractivity contribution < 1.29 is 5.11 Å². The summed E-state index contributed by atoms with van der Waals surface area (Å²) in [6.45, 7) is 2.80. The maximum absolute atomic E-state index is 9.06. The van der Waals surface area contributed by atoms with Gasteiger partial charge in [-0.05, 0) is 56.5 Å². The van der Waals surface area contributed by atoms with Gasteiger partial charge in [0.1, 0.15) is 0 Å². The molecule has 1 heterocycles. The smallest absolute Gasteiger partial charge is 0.0459 e. The summed E-state index contributed by atoms with van der Waals surface area (Å²) in [6, 6.07) is 0. The van der Waals surface area contributed by atoms with E-state index < -0.39 is 0 Å². The Labute approximate surface area is 86.5 Å². The van der Waals surface area contributed by atoms with E-state index in [2.05, 4.69) is 5.32 Å². The van der Waals surface area contributed by atoms with E-state index in [9.17, 15) is 0 Å². The highest BCUT2D eigenvalue weighted by molar-refractivity contribution is 5.85. The Morgan fingerprint density at radius 2 is 1.92 bits per heavy atom. The fraction of sp³-hybridized carbons (Fsp3) is 1.00. The van der Waals surface area contributed by atoms with Crippen molar-refractivity contribution in [2.24, 2.45) is 11.3 Å². The summed E-state index contributed by atoms with van der Waals surface area (Å²) in [7, 11) is 0. The molecule has 2 aliphatic rings. The van der Waals surface area contributed by atoms with Gasteiger partial charge in [-0.1, -0.05) is 0 Å². The van der Waals surface area contributed by atoms with Crippen molar-refractivity contribution in [3.05, 3.63) is 0 Å².